The molecule has 0 saturated carbocycles. The highest BCUT2D eigenvalue weighted by Gasteiger charge is 2.07. The molecule has 0 bridgehead atoms. The summed E-state index contributed by atoms with van der Waals surface area (Å²) in [4.78, 5) is 13.2. The molecule has 1 amide bonds. The molecule has 0 unspecified atom stereocenters. The van der Waals surface area contributed by atoms with E-state index in [1.807, 2.05) is 52.5 Å². The van der Waals surface area contributed by atoms with Crippen molar-refractivity contribution in [3.8, 4) is 0 Å². The number of nitrogens with one attached hydrogen (secondary N) is 1. The number of halogens is 1. The lowest BCUT2D eigenvalue weighted by molar-refractivity contribution is -0.121. The van der Waals surface area contributed by atoms with E-state index in [1.54, 1.807) is 11.3 Å². The van der Waals surface area contributed by atoms with Crippen molar-refractivity contribution < 1.29 is 4.79 Å². The van der Waals surface area contributed by atoms with Crippen LogP contribution in [0.2, 0.25) is 0 Å². The van der Waals surface area contributed by atoms with Gasteiger partial charge in [0.05, 0.1) is 6.54 Å². The number of aromatic nitrogens is 1. The van der Waals surface area contributed by atoms with Crippen LogP contribution in [0.1, 0.15) is 4.88 Å². The summed E-state index contributed by atoms with van der Waals surface area (Å²) in [5, 5.41) is 6.08. The topological polar surface area (TPSA) is 34.0 Å². The van der Waals surface area contributed by atoms with Crippen molar-refractivity contribution >= 4 is 44.1 Å². The number of carbonyl (C=O) groups excluding carboxylic acids is 1. The summed E-state index contributed by atoms with van der Waals surface area (Å²) in [6.07, 6.45) is 1.94. The maximum Gasteiger partial charge on any atom is 0.240 e. The van der Waals surface area contributed by atoms with Crippen LogP contribution in [0.5, 0.6) is 0 Å². The second kappa shape index (κ2) is 5.81. The minimum absolute atomic E-state index is 0.0240. The second-order valence-electron chi connectivity index (χ2n) is 4.47. The molecular weight excluding hydrogens is 336 g/mol. The van der Waals surface area contributed by atoms with E-state index in [2.05, 4.69) is 21.2 Å². The first kappa shape index (κ1) is 13.4. The van der Waals surface area contributed by atoms with Crippen LogP contribution in [0.3, 0.4) is 0 Å². The average molecular weight is 349 g/mol. The van der Waals surface area contributed by atoms with Gasteiger partial charge in [-0.05, 0) is 29.6 Å². The molecule has 0 radical (unpaired) electrons. The van der Waals surface area contributed by atoms with E-state index in [0.717, 1.165) is 15.4 Å². The minimum atomic E-state index is 0.0240. The summed E-state index contributed by atoms with van der Waals surface area (Å²) in [6, 6.07) is 12.0. The quantitative estimate of drug-likeness (QED) is 0.764. The maximum absolute atomic E-state index is 12.0. The monoisotopic (exact) mass is 348 g/mol. The van der Waals surface area contributed by atoms with Crippen molar-refractivity contribution in [1.82, 2.24) is 9.88 Å². The largest absolute Gasteiger partial charge is 0.350 e. The van der Waals surface area contributed by atoms with Crippen molar-refractivity contribution in [2.24, 2.45) is 0 Å². The summed E-state index contributed by atoms with van der Waals surface area (Å²) in [5.74, 6) is 0.0240. The van der Waals surface area contributed by atoms with Crippen molar-refractivity contribution in [2.45, 2.75) is 13.1 Å². The first-order chi connectivity index (χ1) is 9.74. The minimum Gasteiger partial charge on any atom is -0.350 e. The van der Waals surface area contributed by atoms with Crippen LogP contribution in [-0.2, 0) is 17.9 Å². The fourth-order valence-corrected chi connectivity index (χ4v) is 3.27. The number of rotatable bonds is 4. The van der Waals surface area contributed by atoms with E-state index < -0.39 is 0 Å². The lowest BCUT2D eigenvalue weighted by Crippen LogP contribution is -2.26. The normalized spacial score (nSPS) is 10.8. The first-order valence-electron chi connectivity index (χ1n) is 6.26. The SMILES string of the molecule is O=C(Cn1ccc2c(Br)cccc21)NCc1cccs1. The lowest BCUT2D eigenvalue weighted by atomic mass is 10.2. The first-order valence-corrected chi connectivity index (χ1v) is 7.94. The molecule has 1 N–H and O–H groups in total. The van der Waals surface area contributed by atoms with Crippen molar-refractivity contribution in [3.63, 3.8) is 0 Å². The third-order valence-electron chi connectivity index (χ3n) is 3.11. The fraction of sp³-hybridized carbons (Fsp3) is 0.133. The summed E-state index contributed by atoms with van der Waals surface area (Å²) < 4.78 is 3.01. The lowest BCUT2D eigenvalue weighted by Gasteiger charge is -2.06. The van der Waals surface area contributed by atoms with Gasteiger partial charge >= 0.3 is 0 Å². The number of carbonyl (C=O) groups is 1. The van der Waals surface area contributed by atoms with E-state index in [4.69, 9.17) is 0 Å². The number of nitrogens with zero attached hydrogens (tertiary/aromatic N) is 1. The Labute approximate surface area is 129 Å². The molecular formula is C15H13BrN2OS. The van der Waals surface area contributed by atoms with Gasteiger partial charge in [-0.15, -0.1) is 11.3 Å². The Bertz CT molecular complexity index is 734. The third-order valence-corrected chi connectivity index (χ3v) is 4.68. The summed E-state index contributed by atoms with van der Waals surface area (Å²) in [7, 11) is 0. The van der Waals surface area contributed by atoms with Gasteiger partial charge in [-0.2, -0.15) is 0 Å². The maximum atomic E-state index is 12.0. The molecule has 1 aromatic carbocycles. The van der Waals surface area contributed by atoms with E-state index in [-0.39, 0.29) is 5.91 Å². The van der Waals surface area contributed by atoms with Gasteiger partial charge in [0.2, 0.25) is 5.91 Å². The molecule has 5 heteroatoms. The van der Waals surface area contributed by atoms with Gasteiger partial charge in [0.1, 0.15) is 6.54 Å². The van der Waals surface area contributed by atoms with Crippen LogP contribution in [0, 0.1) is 0 Å². The molecule has 3 nitrogen and oxygen atoms in total. The van der Waals surface area contributed by atoms with Gasteiger partial charge in [0, 0.05) is 26.4 Å². The Balaban J connectivity index is 1.70. The van der Waals surface area contributed by atoms with E-state index in [9.17, 15) is 4.79 Å². The molecule has 2 heterocycles. The van der Waals surface area contributed by atoms with Gasteiger partial charge < -0.3 is 9.88 Å². The average Bonchev–Trinajstić information content (AvgIpc) is 3.07. The van der Waals surface area contributed by atoms with Crippen molar-refractivity contribution in [2.75, 3.05) is 0 Å². The Morgan fingerprint density at radius 1 is 1.25 bits per heavy atom. The highest BCUT2D eigenvalue weighted by Crippen LogP contribution is 2.24. The molecule has 0 aliphatic carbocycles. The predicted octanol–water partition coefficient (Wildman–Crippen LogP) is 3.78. The number of amides is 1. The molecule has 102 valence electrons. The second-order valence-corrected chi connectivity index (χ2v) is 6.36. The van der Waals surface area contributed by atoms with Crippen molar-refractivity contribution in [1.29, 1.82) is 0 Å². The third kappa shape index (κ3) is 2.78. The van der Waals surface area contributed by atoms with Gasteiger partial charge in [-0.3, -0.25) is 4.79 Å². The molecule has 3 rings (SSSR count). The van der Waals surface area contributed by atoms with Crippen LogP contribution in [-0.4, -0.2) is 10.5 Å². The molecule has 3 aromatic rings. The molecule has 2 aromatic heterocycles. The molecule has 0 aliphatic heterocycles. The Hall–Kier alpha value is -1.59. The molecule has 20 heavy (non-hydrogen) atoms. The summed E-state index contributed by atoms with van der Waals surface area (Å²) in [5.41, 5.74) is 1.06. The zero-order chi connectivity index (χ0) is 13.9. The highest BCUT2D eigenvalue weighted by atomic mass is 79.9. The smallest absolute Gasteiger partial charge is 0.240 e. The molecule has 0 fully saturated rings. The number of fused-ring (bicyclic) bond motifs is 1. The predicted molar refractivity (Wildman–Crippen MR) is 85.8 cm³/mol. The Kier molecular flexibility index (Phi) is 3.89. The zero-order valence-corrected chi connectivity index (χ0v) is 13.1. The summed E-state index contributed by atoms with van der Waals surface area (Å²) >= 11 is 5.17. The molecule has 0 spiro atoms. The van der Waals surface area contributed by atoms with Crippen LogP contribution in [0.15, 0.2) is 52.4 Å². The van der Waals surface area contributed by atoms with Crippen LogP contribution in [0.4, 0.5) is 0 Å². The van der Waals surface area contributed by atoms with E-state index in [0.29, 0.717) is 13.1 Å². The van der Waals surface area contributed by atoms with Gasteiger partial charge in [-0.1, -0.05) is 28.1 Å². The fourth-order valence-electron chi connectivity index (χ4n) is 2.13. The zero-order valence-electron chi connectivity index (χ0n) is 10.7. The van der Waals surface area contributed by atoms with Crippen LogP contribution < -0.4 is 5.32 Å². The van der Waals surface area contributed by atoms with Crippen LogP contribution in [0.25, 0.3) is 10.9 Å². The molecule has 0 aliphatic rings. The standard InChI is InChI=1S/C15H13BrN2OS/c16-13-4-1-5-14-12(13)6-7-18(14)10-15(19)17-9-11-3-2-8-20-11/h1-8H,9-10H2,(H,17,19). The number of thiophene rings is 1. The number of hydrogen-bond donors (Lipinski definition) is 1. The summed E-state index contributed by atoms with van der Waals surface area (Å²) in [6.45, 7) is 0.935. The highest BCUT2D eigenvalue weighted by molar-refractivity contribution is 9.10. The van der Waals surface area contributed by atoms with Gasteiger partial charge in [0.25, 0.3) is 0 Å². The molecule has 0 saturated heterocycles. The van der Waals surface area contributed by atoms with Gasteiger partial charge in [0.15, 0.2) is 0 Å². The Morgan fingerprint density at radius 2 is 2.15 bits per heavy atom. The number of hydrogen-bond acceptors (Lipinski definition) is 2. The van der Waals surface area contributed by atoms with Crippen molar-refractivity contribution in [3.05, 3.63) is 57.3 Å². The van der Waals surface area contributed by atoms with Gasteiger partial charge in [-0.25, -0.2) is 0 Å². The van der Waals surface area contributed by atoms with E-state index >= 15 is 0 Å². The van der Waals surface area contributed by atoms with E-state index in [1.165, 1.54) is 4.88 Å². The van der Waals surface area contributed by atoms with Crippen LogP contribution >= 0.6 is 27.3 Å². The number of benzene rings is 1. The molecule has 0 atom stereocenters. The Morgan fingerprint density at radius 3 is 2.95 bits per heavy atom.